The van der Waals surface area contributed by atoms with Crippen LogP contribution in [-0.4, -0.2) is 28.0 Å². The van der Waals surface area contributed by atoms with Crippen molar-refractivity contribution in [1.29, 1.82) is 0 Å². The first-order valence-corrected chi connectivity index (χ1v) is 8.98. The molecule has 9 nitrogen and oxygen atoms in total. The molecule has 4 rings (SSSR count). The number of aromatic nitrogens is 3. The maximum absolute atomic E-state index is 12.3. The highest BCUT2D eigenvalue weighted by atomic mass is 16.5. The van der Waals surface area contributed by atoms with E-state index >= 15 is 0 Å². The molecule has 0 bridgehead atoms. The van der Waals surface area contributed by atoms with Crippen molar-refractivity contribution in [3.8, 4) is 17.4 Å². The van der Waals surface area contributed by atoms with Crippen molar-refractivity contribution < 1.29 is 14.3 Å². The Morgan fingerprint density at radius 2 is 1.80 bits per heavy atom. The summed E-state index contributed by atoms with van der Waals surface area (Å²) in [5.41, 5.74) is 12.6. The molecule has 0 fully saturated rings. The second-order valence-electron chi connectivity index (χ2n) is 6.18. The van der Waals surface area contributed by atoms with Crippen LogP contribution < -0.4 is 26.1 Å². The summed E-state index contributed by atoms with van der Waals surface area (Å²) < 4.78 is 11.0. The van der Waals surface area contributed by atoms with E-state index in [1.807, 2.05) is 24.3 Å². The van der Waals surface area contributed by atoms with Gasteiger partial charge in [0.2, 0.25) is 5.88 Å². The number of hydrogen-bond acceptors (Lipinski definition) is 8. The number of rotatable bonds is 6. The van der Waals surface area contributed by atoms with E-state index in [4.69, 9.17) is 15.2 Å². The number of carbonyl (C=O) groups excluding carboxylic acids is 1. The number of nitrogen functional groups attached to an aromatic ring is 1. The number of carbonyl (C=O) groups is 1. The van der Waals surface area contributed by atoms with Gasteiger partial charge in [-0.15, -0.1) is 0 Å². The Morgan fingerprint density at radius 1 is 1.00 bits per heavy atom. The lowest BCUT2D eigenvalue weighted by atomic mass is 10.2. The summed E-state index contributed by atoms with van der Waals surface area (Å²) >= 11 is 0. The van der Waals surface area contributed by atoms with Crippen LogP contribution in [0.15, 0.2) is 67.1 Å². The molecule has 0 atom stereocenters. The third-order valence-electron chi connectivity index (χ3n) is 4.30. The Bertz CT molecular complexity index is 1190. The van der Waals surface area contributed by atoms with Crippen molar-refractivity contribution in [3.05, 3.63) is 72.7 Å². The largest absolute Gasteiger partial charge is 0.497 e. The van der Waals surface area contributed by atoms with E-state index in [-0.39, 0.29) is 23.3 Å². The van der Waals surface area contributed by atoms with Crippen molar-refractivity contribution in [2.45, 2.75) is 0 Å². The van der Waals surface area contributed by atoms with Crippen LogP contribution in [0.3, 0.4) is 0 Å². The second-order valence-corrected chi connectivity index (χ2v) is 6.18. The van der Waals surface area contributed by atoms with E-state index in [0.29, 0.717) is 22.6 Å². The fraction of sp³-hybridized carbons (Fsp3) is 0.0476. The van der Waals surface area contributed by atoms with Gasteiger partial charge in [0.25, 0.3) is 5.91 Å². The highest BCUT2D eigenvalue weighted by molar-refractivity contribution is 5.95. The Labute approximate surface area is 171 Å². The van der Waals surface area contributed by atoms with Crippen molar-refractivity contribution in [2.24, 2.45) is 0 Å². The van der Waals surface area contributed by atoms with Crippen LogP contribution in [0.25, 0.3) is 10.9 Å². The summed E-state index contributed by atoms with van der Waals surface area (Å²) in [5, 5.41) is 0.924. The maximum atomic E-state index is 12.3. The summed E-state index contributed by atoms with van der Waals surface area (Å²) in [7, 11) is 1.56. The average Bonchev–Trinajstić information content (AvgIpc) is 2.79. The van der Waals surface area contributed by atoms with Gasteiger partial charge in [-0.1, -0.05) is 18.2 Å². The van der Waals surface area contributed by atoms with Gasteiger partial charge in [-0.3, -0.25) is 20.6 Å². The van der Waals surface area contributed by atoms with Crippen molar-refractivity contribution in [2.75, 3.05) is 18.3 Å². The lowest BCUT2D eigenvalue weighted by Gasteiger charge is -2.13. The minimum atomic E-state index is -0.364. The molecular weight excluding hydrogens is 384 g/mol. The van der Waals surface area contributed by atoms with E-state index in [0.717, 1.165) is 5.39 Å². The molecule has 30 heavy (non-hydrogen) atoms. The first-order valence-electron chi connectivity index (χ1n) is 8.98. The quantitative estimate of drug-likeness (QED) is 0.420. The van der Waals surface area contributed by atoms with Crippen LogP contribution in [-0.2, 0) is 0 Å². The SMILES string of the molecule is COc1ccc(C(=O)NNc2ncnc(Oc3cccc4cccnc34)c2N)cc1. The number of nitrogens with one attached hydrogen (secondary N) is 2. The fourth-order valence-electron chi connectivity index (χ4n) is 2.75. The van der Waals surface area contributed by atoms with Gasteiger partial charge in [-0.2, -0.15) is 4.98 Å². The van der Waals surface area contributed by atoms with Crippen molar-refractivity contribution in [3.63, 3.8) is 0 Å². The summed E-state index contributed by atoms with van der Waals surface area (Å²) in [6.45, 7) is 0. The molecule has 0 spiro atoms. The van der Waals surface area contributed by atoms with Gasteiger partial charge in [0, 0.05) is 17.1 Å². The van der Waals surface area contributed by atoms with Gasteiger partial charge in [0.15, 0.2) is 11.6 Å². The molecule has 0 saturated heterocycles. The molecule has 0 aliphatic rings. The van der Waals surface area contributed by atoms with E-state index in [2.05, 4.69) is 25.8 Å². The topological polar surface area (TPSA) is 124 Å². The van der Waals surface area contributed by atoms with Crippen LogP contribution >= 0.6 is 0 Å². The summed E-state index contributed by atoms with van der Waals surface area (Å²) in [4.78, 5) is 24.8. The second kappa shape index (κ2) is 8.31. The van der Waals surface area contributed by atoms with Crippen LogP contribution in [0.4, 0.5) is 11.5 Å². The predicted molar refractivity (Wildman–Crippen MR) is 112 cm³/mol. The zero-order valence-corrected chi connectivity index (χ0v) is 16.0. The molecule has 2 aromatic carbocycles. The normalized spacial score (nSPS) is 10.4. The summed E-state index contributed by atoms with van der Waals surface area (Å²) in [6.07, 6.45) is 2.96. The molecule has 0 radical (unpaired) electrons. The number of hydrazine groups is 1. The van der Waals surface area contributed by atoms with Gasteiger partial charge in [0.05, 0.1) is 7.11 Å². The van der Waals surface area contributed by atoms with E-state index < -0.39 is 0 Å². The Kier molecular flexibility index (Phi) is 5.25. The maximum Gasteiger partial charge on any atom is 0.269 e. The number of hydrogen-bond donors (Lipinski definition) is 3. The first kappa shape index (κ1) is 18.9. The molecule has 0 unspecified atom stereocenters. The van der Waals surface area contributed by atoms with Gasteiger partial charge in [0.1, 0.15) is 23.3 Å². The van der Waals surface area contributed by atoms with Gasteiger partial charge < -0.3 is 15.2 Å². The molecule has 9 heteroatoms. The number of nitrogens with zero attached hydrogens (tertiary/aromatic N) is 3. The number of methoxy groups -OCH3 is 1. The Morgan fingerprint density at radius 3 is 2.60 bits per heavy atom. The molecule has 1 amide bonds. The molecule has 0 aliphatic carbocycles. The molecule has 2 heterocycles. The molecule has 4 N–H and O–H groups in total. The number of benzene rings is 2. The summed E-state index contributed by atoms with van der Waals surface area (Å²) in [6, 6.07) is 16.0. The number of para-hydroxylation sites is 1. The van der Waals surface area contributed by atoms with E-state index in [1.165, 1.54) is 6.33 Å². The highest BCUT2D eigenvalue weighted by Gasteiger charge is 2.13. The van der Waals surface area contributed by atoms with Crippen LogP contribution in [0, 0.1) is 0 Å². The third-order valence-corrected chi connectivity index (χ3v) is 4.30. The van der Waals surface area contributed by atoms with Crippen molar-refractivity contribution >= 4 is 28.3 Å². The average molecular weight is 402 g/mol. The first-order chi connectivity index (χ1) is 14.7. The number of nitrogens with two attached hydrogens (primary N) is 1. The van der Waals surface area contributed by atoms with Crippen molar-refractivity contribution in [1.82, 2.24) is 20.4 Å². The van der Waals surface area contributed by atoms with Gasteiger partial charge >= 0.3 is 0 Å². The molecule has 2 aromatic heterocycles. The number of fused-ring (bicyclic) bond motifs is 1. The van der Waals surface area contributed by atoms with Gasteiger partial charge in [-0.25, -0.2) is 4.98 Å². The van der Waals surface area contributed by atoms with Crippen LogP contribution in [0.1, 0.15) is 10.4 Å². The van der Waals surface area contributed by atoms with E-state index in [9.17, 15) is 4.79 Å². The minimum Gasteiger partial charge on any atom is -0.497 e. The van der Waals surface area contributed by atoms with Crippen LogP contribution in [0.5, 0.6) is 17.4 Å². The minimum absolute atomic E-state index is 0.139. The van der Waals surface area contributed by atoms with Crippen LogP contribution in [0.2, 0.25) is 0 Å². The zero-order valence-electron chi connectivity index (χ0n) is 16.0. The molecule has 0 aliphatic heterocycles. The monoisotopic (exact) mass is 402 g/mol. The number of anilines is 2. The zero-order chi connectivity index (χ0) is 20.9. The lowest BCUT2D eigenvalue weighted by molar-refractivity contribution is 0.0962. The Balaban J connectivity index is 1.50. The molecule has 4 aromatic rings. The predicted octanol–water partition coefficient (Wildman–Crippen LogP) is 3.16. The summed E-state index contributed by atoms with van der Waals surface area (Å²) in [5.74, 6) is 1.15. The third kappa shape index (κ3) is 3.90. The number of pyridine rings is 1. The lowest BCUT2D eigenvalue weighted by Crippen LogP contribution is -2.30. The van der Waals surface area contributed by atoms with Gasteiger partial charge in [-0.05, 0) is 36.4 Å². The van der Waals surface area contributed by atoms with E-state index in [1.54, 1.807) is 43.6 Å². The molecule has 150 valence electrons. The number of amides is 1. The Hall–Kier alpha value is -4.40. The molecule has 0 saturated carbocycles. The highest BCUT2D eigenvalue weighted by Crippen LogP contribution is 2.32. The number of ether oxygens (including phenoxy) is 2. The standard InChI is InChI=1S/C21H18N6O3/c1-29-15-9-7-14(8-10-15)20(28)27-26-19-17(22)21(25-12-24-19)30-16-6-2-4-13-5-3-11-23-18(13)16/h2-12H,22H2,1H3,(H,27,28)(H,24,25,26). The smallest absolute Gasteiger partial charge is 0.269 e. The fourth-order valence-corrected chi connectivity index (χ4v) is 2.75. The molecular formula is C21H18N6O3.